The van der Waals surface area contributed by atoms with E-state index in [0.29, 0.717) is 17.5 Å². The highest BCUT2D eigenvalue weighted by molar-refractivity contribution is 6.14. The number of hydrogen-bond acceptors (Lipinski definition) is 4. The van der Waals surface area contributed by atoms with Gasteiger partial charge in [0.2, 0.25) is 0 Å². The van der Waals surface area contributed by atoms with Crippen LogP contribution in [0.5, 0.6) is 0 Å². The van der Waals surface area contributed by atoms with E-state index in [1.165, 1.54) is 38.5 Å². The lowest BCUT2D eigenvalue weighted by Gasteiger charge is -2.13. The van der Waals surface area contributed by atoms with E-state index >= 15 is 0 Å². The van der Waals surface area contributed by atoms with Crippen LogP contribution in [0.1, 0.15) is 5.56 Å². The van der Waals surface area contributed by atoms with E-state index in [1.54, 1.807) is 0 Å². The van der Waals surface area contributed by atoms with Crippen LogP contribution in [0.15, 0.2) is 241 Å². The van der Waals surface area contributed by atoms with E-state index < -0.39 is 0 Å². The molecule has 0 aliphatic rings. The number of aromatic nitrogens is 4. The molecule has 0 radical (unpaired) electrons. The Bertz CT molecular complexity index is 4020. The summed E-state index contributed by atoms with van der Waals surface area (Å²) in [6, 6.07) is 83.5. The smallest absolute Gasteiger partial charge is 0.164 e. The number of furan rings is 1. The molecule has 0 amide bonds. The second-order valence-corrected chi connectivity index (χ2v) is 17.7. The molecule has 3 heterocycles. The molecule has 0 saturated heterocycles. The van der Waals surface area contributed by atoms with Crippen LogP contribution in [-0.4, -0.2) is 19.5 Å². The molecule has 0 aliphatic carbocycles. The van der Waals surface area contributed by atoms with Gasteiger partial charge in [0.1, 0.15) is 11.2 Å². The third-order valence-corrected chi connectivity index (χ3v) is 13.3. The molecule has 0 bridgehead atoms. The maximum atomic E-state index is 6.60. The zero-order chi connectivity index (χ0) is 45.8. The van der Waals surface area contributed by atoms with Crippen LogP contribution in [-0.2, 0) is 0 Å². The summed E-state index contributed by atoms with van der Waals surface area (Å²) in [7, 11) is 0. The molecular weight excluding hydrogens is 841 g/mol. The molecule has 10 aromatic carbocycles. The minimum Gasteiger partial charge on any atom is -0.456 e. The Labute approximate surface area is 399 Å². The summed E-state index contributed by atoms with van der Waals surface area (Å²) in [6.07, 6.45) is 0. The number of benzene rings is 10. The van der Waals surface area contributed by atoms with Gasteiger partial charge >= 0.3 is 0 Å². The minimum absolute atomic E-state index is 0.575. The molecule has 5 nitrogen and oxygen atoms in total. The Morgan fingerprint density at radius 1 is 0.319 bits per heavy atom. The third-order valence-electron chi connectivity index (χ3n) is 13.3. The number of nitrogens with zero attached hydrogens (tertiary/aromatic N) is 4. The quantitative estimate of drug-likeness (QED) is 0.153. The van der Waals surface area contributed by atoms with Gasteiger partial charge in [0.25, 0.3) is 0 Å². The van der Waals surface area contributed by atoms with Crippen LogP contribution >= 0.6 is 0 Å². The zero-order valence-corrected chi connectivity index (χ0v) is 37.7. The SMILES string of the molecule is Cc1cccc(-n2c3ccccc3c3cc(-c4ccc5oc6cccc(-c7nc(-c8ccccc8)nc(-c8cccc(-c9cc(-c%10ccccc%10)cc(-c%10ccccc%10)c9)c8)n7)c6c5c4)ccc32)c1. The first-order valence-corrected chi connectivity index (χ1v) is 23.3. The summed E-state index contributed by atoms with van der Waals surface area (Å²) in [5.41, 5.74) is 18.0. The van der Waals surface area contributed by atoms with Gasteiger partial charge in [-0.15, -0.1) is 0 Å². The van der Waals surface area contributed by atoms with Crippen LogP contribution in [0.4, 0.5) is 0 Å². The molecule has 3 aromatic heterocycles. The molecule has 69 heavy (non-hydrogen) atoms. The fraction of sp³-hybridized carbons (Fsp3) is 0.0156. The summed E-state index contributed by atoms with van der Waals surface area (Å²) in [4.78, 5) is 15.7. The molecular formula is C64H42N4O. The van der Waals surface area contributed by atoms with Crippen LogP contribution in [0, 0.1) is 6.92 Å². The molecule has 0 fully saturated rings. The summed E-state index contributed by atoms with van der Waals surface area (Å²) in [5, 5.41) is 4.38. The van der Waals surface area contributed by atoms with Gasteiger partial charge in [0.15, 0.2) is 17.5 Å². The van der Waals surface area contributed by atoms with Gasteiger partial charge in [-0.25, -0.2) is 15.0 Å². The summed E-state index contributed by atoms with van der Waals surface area (Å²) in [5.74, 6) is 1.76. The predicted molar refractivity (Wildman–Crippen MR) is 284 cm³/mol. The van der Waals surface area contributed by atoms with Gasteiger partial charge in [-0.2, -0.15) is 0 Å². The monoisotopic (exact) mass is 882 g/mol. The van der Waals surface area contributed by atoms with Crippen LogP contribution in [0.25, 0.3) is 128 Å². The first-order chi connectivity index (χ1) is 34.1. The van der Waals surface area contributed by atoms with Crippen LogP contribution < -0.4 is 0 Å². The maximum absolute atomic E-state index is 6.60. The van der Waals surface area contributed by atoms with Crippen molar-refractivity contribution in [1.82, 2.24) is 19.5 Å². The van der Waals surface area contributed by atoms with Crippen molar-refractivity contribution < 1.29 is 4.42 Å². The standard InChI is InChI=1S/C64H42N4O/c1-41-16-13-25-52(34-41)68-57-28-12-11-26-53(57)55-39-46(30-32-58(55)68)47-31-33-59-56(40-47)61-54(27-15-29-60(61)69-59)64-66-62(44-21-9-4-10-22-44)65-63(67-64)48-24-14-23-45(35-48)51-37-49(42-17-5-2-6-18-42)36-50(38-51)43-19-7-3-8-20-43/h2-40H,1H3. The first kappa shape index (κ1) is 40.1. The average Bonchev–Trinajstić information content (AvgIpc) is 3.97. The van der Waals surface area contributed by atoms with Gasteiger partial charge < -0.3 is 8.98 Å². The lowest BCUT2D eigenvalue weighted by atomic mass is 9.93. The Morgan fingerprint density at radius 3 is 1.57 bits per heavy atom. The van der Waals surface area contributed by atoms with Crippen molar-refractivity contribution in [2.24, 2.45) is 0 Å². The number of fused-ring (bicyclic) bond motifs is 6. The van der Waals surface area contributed by atoms with Gasteiger partial charge in [-0.3, -0.25) is 0 Å². The highest BCUT2D eigenvalue weighted by atomic mass is 16.3. The van der Waals surface area contributed by atoms with Crippen LogP contribution in [0.3, 0.4) is 0 Å². The number of para-hydroxylation sites is 1. The molecule has 0 N–H and O–H groups in total. The molecule has 13 rings (SSSR count). The lowest BCUT2D eigenvalue weighted by molar-refractivity contribution is 0.669. The number of aryl methyl sites for hydroxylation is 1. The molecule has 13 aromatic rings. The Morgan fingerprint density at radius 2 is 0.841 bits per heavy atom. The van der Waals surface area contributed by atoms with E-state index in [-0.39, 0.29) is 0 Å². The van der Waals surface area contributed by atoms with Crippen molar-refractivity contribution in [3.05, 3.63) is 242 Å². The Balaban J connectivity index is 0.948. The molecule has 0 aliphatic heterocycles. The van der Waals surface area contributed by atoms with E-state index in [1.807, 2.05) is 30.3 Å². The normalized spacial score (nSPS) is 11.6. The zero-order valence-electron chi connectivity index (χ0n) is 37.7. The van der Waals surface area contributed by atoms with E-state index in [4.69, 9.17) is 19.4 Å². The Hall–Kier alpha value is -9.19. The highest BCUT2D eigenvalue weighted by Gasteiger charge is 2.20. The average molecular weight is 883 g/mol. The fourth-order valence-corrected chi connectivity index (χ4v) is 9.96. The third kappa shape index (κ3) is 7.25. The van der Waals surface area contributed by atoms with E-state index in [9.17, 15) is 0 Å². The van der Waals surface area contributed by atoms with Crippen molar-refractivity contribution in [3.63, 3.8) is 0 Å². The second kappa shape index (κ2) is 16.6. The van der Waals surface area contributed by atoms with Gasteiger partial charge in [-0.05, 0) is 130 Å². The van der Waals surface area contributed by atoms with E-state index in [2.05, 4.69) is 218 Å². The lowest BCUT2D eigenvalue weighted by Crippen LogP contribution is -2.00. The second-order valence-electron chi connectivity index (χ2n) is 17.7. The maximum Gasteiger partial charge on any atom is 0.164 e. The summed E-state index contributed by atoms with van der Waals surface area (Å²) < 4.78 is 8.97. The highest BCUT2D eigenvalue weighted by Crippen LogP contribution is 2.41. The molecule has 0 spiro atoms. The topological polar surface area (TPSA) is 56.7 Å². The van der Waals surface area contributed by atoms with Crippen molar-refractivity contribution in [3.8, 4) is 84.4 Å². The van der Waals surface area contributed by atoms with E-state index in [0.717, 1.165) is 77.7 Å². The molecule has 0 saturated carbocycles. The van der Waals surface area contributed by atoms with Crippen molar-refractivity contribution >= 4 is 43.7 Å². The van der Waals surface area contributed by atoms with Crippen molar-refractivity contribution in [2.75, 3.05) is 0 Å². The molecule has 324 valence electrons. The first-order valence-electron chi connectivity index (χ1n) is 23.3. The van der Waals surface area contributed by atoms with Crippen molar-refractivity contribution in [2.45, 2.75) is 6.92 Å². The van der Waals surface area contributed by atoms with Crippen molar-refractivity contribution in [1.29, 1.82) is 0 Å². The molecule has 5 heteroatoms. The minimum atomic E-state index is 0.575. The Kier molecular flexibility index (Phi) is 9.65. The van der Waals surface area contributed by atoms with Gasteiger partial charge in [0, 0.05) is 43.9 Å². The number of hydrogen-bond donors (Lipinski definition) is 0. The predicted octanol–water partition coefficient (Wildman–Crippen LogP) is 16.8. The largest absolute Gasteiger partial charge is 0.456 e. The summed E-state index contributed by atoms with van der Waals surface area (Å²) in [6.45, 7) is 2.14. The summed E-state index contributed by atoms with van der Waals surface area (Å²) >= 11 is 0. The van der Waals surface area contributed by atoms with Crippen LogP contribution in [0.2, 0.25) is 0 Å². The fourth-order valence-electron chi connectivity index (χ4n) is 9.96. The molecule has 0 atom stereocenters. The molecule has 0 unspecified atom stereocenters. The van der Waals surface area contributed by atoms with Gasteiger partial charge in [-0.1, -0.05) is 164 Å². The number of rotatable bonds is 8. The van der Waals surface area contributed by atoms with Gasteiger partial charge in [0.05, 0.1) is 11.0 Å².